The molecule has 0 radical (unpaired) electrons. The number of aromatic nitrogens is 4. The van der Waals surface area contributed by atoms with E-state index in [1.165, 1.54) is 28.0 Å². The molecule has 4 atom stereocenters. The average molecular weight is 781 g/mol. The number of hydrogen-bond acceptors (Lipinski definition) is 11. The summed E-state index contributed by atoms with van der Waals surface area (Å²) in [4.78, 5) is 61.3. The lowest BCUT2D eigenvalue weighted by molar-refractivity contribution is -0.156. The number of esters is 1. The van der Waals surface area contributed by atoms with Gasteiger partial charge in [-0.3, -0.25) is 9.59 Å². The highest BCUT2D eigenvalue weighted by Crippen LogP contribution is 2.48. The van der Waals surface area contributed by atoms with E-state index in [0.29, 0.717) is 42.6 Å². The SMILES string of the molecule is CCOC(=O)[C@]1(CC)CCc2c(sc3ncnc(Cl)c23)C1.CC[C@@]1(C(=O)N2C(=O)O[C@H](c3ccccc3)[C@@H]2C)CCc2c(sc3ncnc(Cl)c23)C1. The lowest BCUT2D eigenvalue weighted by Gasteiger charge is -2.37. The number of ether oxygens (including phenoxy) is 2. The quantitative estimate of drug-likeness (QED) is 0.123. The van der Waals surface area contributed by atoms with E-state index in [2.05, 4.69) is 26.9 Å². The van der Waals surface area contributed by atoms with Crippen molar-refractivity contribution in [3.05, 3.63) is 79.7 Å². The van der Waals surface area contributed by atoms with Crippen LogP contribution in [0.3, 0.4) is 0 Å². The Labute approximate surface area is 319 Å². The van der Waals surface area contributed by atoms with Crippen molar-refractivity contribution in [2.75, 3.05) is 6.61 Å². The van der Waals surface area contributed by atoms with E-state index in [9.17, 15) is 14.4 Å². The molecule has 14 heteroatoms. The molecule has 10 nitrogen and oxygen atoms in total. The van der Waals surface area contributed by atoms with E-state index in [1.807, 2.05) is 51.1 Å². The first-order chi connectivity index (χ1) is 25.1. The van der Waals surface area contributed by atoms with Gasteiger partial charge in [-0.1, -0.05) is 67.4 Å². The Morgan fingerprint density at radius 1 is 0.865 bits per heavy atom. The van der Waals surface area contributed by atoms with Gasteiger partial charge in [0, 0.05) is 9.75 Å². The van der Waals surface area contributed by atoms with Crippen LogP contribution >= 0.6 is 45.9 Å². The van der Waals surface area contributed by atoms with Crippen LogP contribution in [0, 0.1) is 10.8 Å². The van der Waals surface area contributed by atoms with Gasteiger partial charge >= 0.3 is 12.1 Å². The minimum Gasteiger partial charge on any atom is -0.466 e. The predicted molar refractivity (Wildman–Crippen MR) is 203 cm³/mol. The molecule has 1 aliphatic heterocycles. The Hall–Kier alpha value is -3.71. The Balaban J connectivity index is 0.000000175. The smallest absolute Gasteiger partial charge is 0.417 e. The third-order valence-electron chi connectivity index (χ3n) is 11.1. The van der Waals surface area contributed by atoms with Gasteiger partial charge in [-0.05, 0) is 81.9 Å². The van der Waals surface area contributed by atoms with E-state index >= 15 is 0 Å². The van der Waals surface area contributed by atoms with Gasteiger partial charge in [0.15, 0.2) is 0 Å². The van der Waals surface area contributed by atoms with Gasteiger partial charge in [-0.2, -0.15) is 0 Å². The summed E-state index contributed by atoms with van der Waals surface area (Å²) in [6.07, 6.45) is 7.66. The lowest BCUT2D eigenvalue weighted by atomic mass is 9.71. The first kappa shape index (κ1) is 36.6. The number of carbonyl (C=O) groups is 3. The molecule has 52 heavy (non-hydrogen) atoms. The molecule has 1 saturated heterocycles. The van der Waals surface area contributed by atoms with E-state index in [-0.39, 0.29) is 17.9 Å². The van der Waals surface area contributed by atoms with Crippen LogP contribution in [0.15, 0.2) is 43.0 Å². The first-order valence-corrected chi connectivity index (χ1v) is 20.0. The standard InChI is InChI=1S/C23H22ClN3O3S.C15H17ClN2O2S/c1-3-23(10-9-15-16(11-23)31-20-17(15)19(24)25-12-26-20)21(28)27-13(2)18(30-22(27)29)14-7-5-4-6-8-14;1-3-15(14(19)20-4-2)6-5-9-10(7-15)21-13-11(9)12(16)17-8-18-13/h4-8,12-13,18H,3,9-11H2,1-2H3;8H,3-7H2,1-2H3/t13-,18-,23+;15-/m01/s1. The summed E-state index contributed by atoms with van der Waals surface area (Å²) < 4.78 is 10.9. The number of nitrogens with zero attached hydrogens (tertiary/aromatic N) is 5. The second-order valence-corrected chi connectivity index (χ2v) is 16.6. The minimum absolute atomic E-state index is 0.0761. The van der Waals surface area contributed by atoms with Gasteiger partial charge in [0.2, 0.25) is 5.91 Å². The molecule has 2 amide bonds. The minimum atomic E-state index is -0.646. The van der Waals surface area contributed by atoms with Crippen molar-refractivity contribution >= 4 is 84.3 Å². The van der Waals surface area contributed by atoms with Crippen LogP contribution in [0.1, 0.15) is 85.9 Å². The van der Waals surface area contributed by atoms with Crippen molar-refractivity contribution < 1.29 is 23.9 Å². The number of amides is 2. The molecular weight excluding hydrogens is 741 g/mol. The monoisotopic (exact) mass is 779 g/mol. The molecule has 8 rings (SSSR count). The molecular formula is C38H39Cl2N5O5S2. The zero-order valence-electron chi connectivity index (χ0n) is 29.4. The number of hydrogen-bond donors (Lipinski definition) is 0. The number of thiophene rings is 2. The summed E-state index contributed by atoms with van der Waals surface area (Å²) in [6, 6.07) is 9.22. The van der Waals surface area contributed by atoms with E-state index in [4.69, 9.17) is 32.7 Å². The topological polar surface area (TPSA) is 124 Å². The maximum absolute atomic E-state index is 13.8. The number of carbonyl (C=O) groups excluding carboxylic acids is 3. The molecule has 5 aromatic rings. The summed E-state index contributed by atoms with van der Waals surface area (Å²) in [5.41, 5.74) is 2.21. The van der Waals surface area contributed by atoms with Crippen LogP contribution in [0.2, 0.25) is 10.3 Å². The number of cyclic esters (lactones) is 1. The van der Waals surface area contributed by atoms with Crippen molar-refractivity contribution in [2.45, 2.75) is 91.2 Å². The Bertz CT molecular complexity index is 2180. The van der Waals surface area contributed by atoms with Crippen molar-refractivity contribution in [3.63, 3.8) is 0 Å². The maximum Gasteiger partial charge on any atom is 0.417 e. The summed E-state index contributed by atoms with van der Waals surface area (Å²) in [6.45, 7) is 8.24. The van der Waals surface area contributed by atoms with Gasteiger partial charge in [-0.15, -0.1) is 22.7 Å². The zero-order valence-corrected chi connectivity index (χ0v) is 32.6. The fourth-order valence-corrected chi connectivity index (χ4v) is 11.2. The highest BCUT2D eigenvalue weighted by Gasteiger charge is 2.51. The third kappa shape index (κ3) is 6.25. The molecule has 0 spiro atoms. The van der Waals surface area contributed by atoms with Crippen LogP contribution in [-0.4, -0.2) is 55.5 Å². The molecule has 5 heterocycles. The second kappa shape index (κ2) is 14.6. The third-order valence-corrected chi connectivity index (χ3v) is 13.9. The molecule has 0 N–H and O–H groups in total. The van der Waals surface area contributed by atoms with Crippen molar-refractivity contribution in [2.24, 2.45) is 10.8 Å². The number of fused-ring (bicyclic) bond motifs is 6. The molecule has 3 aliphatic rings. The first-order valence-electron chi connectivity index (χ1n) is 17.6. The molecule has 0 unspecified atom stereocenters. The molecule has 4 aromatic heterocycles. The van der Waals surface area contributed by atoms with E-state index < -0.39 is 23.0 Å². The fraction of sp³-hybridized carbons (Fsp3) is 0.447. The van der Waals surface area contributed by atoms with Crippen LogP contribution < -0.4 is 0 Å². The molecule has 2 aliphatic carbocycles. The van der Waals surface area contributed by atoms with Gasteiger partial charge in [0.25, 0.3) is 0 Å². The molecule has 272 valence electrons. The second-order valence-electron chi connectivity index (χ2n) is 13.7. The van der Waals surface area contributed by atoms with Crippen molar-refractivity contribution in [3.8, 4) is 0 Å². The van der Waals surface area contributed by atoms with Gasteiger partial charge in [0.1, 0.15) is 38.7 Å². The number of imide groups is 1. The molecule has 0 saturated carbocycles. The molecule has 1 fully saturated rings. The van der Waals surface area contributed by atoms with Crippen LogP contribution in [-0.2, 0) is 44.7 Å². The Morgan fingerprint density at radius 2 is 1.40 bits per heavy atom. The summed E-state index contributed by atoms with van der Waals surface area (Å²) in [5.74, 6) is -0.223. The fourth-order valence-electron chi connectivity index (χ4n) is 7.95. The normalized spacial score (nSPS) is 23.8. The lowest BCUT2D eigenvalue weighted by Crippen LogP contribution is -2.49. The summed E-state index contributed by atoms with van der Waals surface area (Å²) in [7, 11) is 0. The number of aryl methyl sites for hydroxylation is 2. The van der Waals surface area contributed by atoms with Gasteiger partial charge < -0.3 is 9.47 Å². The Kier molecular flexibility index (Phi) is 10.3. The van der Waals surface area contributed by atoms with Crippen LogP contribution in [0.5, 0.6) is 0 Å². The average Bonchev–Trinajstić information content (AvgIpc) is 3.82. The molecule has 0 bridgehead atoms. The highest BCUT2D eigenvalue weighted by molar-refractivity contribution is 7.19. The van der Waals surface area contributed by atoms with E-state index in [0.717, 1.165) is 62.1 Å². The largest absolute Gasteiger partial charge is 0.466 e. The number of halogens is 2. The van der Waals surface area contributed by atoms with Gasteiger partial charge in [-0.25, -0.2) is 29.6 Å². The molecule has 1 aromatic carbocycles. The summed E-state index contributed by atoms with van der Waals surface area (Å²) >= 11 is 15.7. The maximum atomic E-state index is 13.8. The zero-order chi connectivity index (χ0) is 36.8. The van der Waals surface area contributed by atoms with Crippen LogP contribution in [0.25, 0.3) is 20.4 Å². The summed E-state index contributed by atoms with van der Waals surface area (Å²) in [5, 5.41) is 2.84. The van der Waals surface area contributed by atoms with Crippen molar-refractivity contribution in [1.82, 2.24) is 24.8 Å². The van der Waals surface area contributed by atoms with Crippen LogP contribution in [0.4, 0.5) is 4.79 Å². The Morgan fingerprint density at radius 3 is 1.94 bits per heavy atom. The van der Waals surface area contributed by atoms with Gasteiger partial charge in [0.05, 0.1) is 34.3 Å². The number of benzene rings is 1. The number of rotatable bonds is 6. The van der Waals surface area contributed by atoms with E-state index in [1.54, 1.807) is 22.7 Å². The highest BCUT2D eigenvalue weighted by atomic mass is 35.5. The van der Waals surface area contributed by atoms with Crippen molar-refractivity contribution in [1.29, 1.82) is 0 Å². The predicted octanol–water partition coefficient (Wildman–Crippen LogP) is 9.13.